The number of nitrogens with zero attached hydrogens (tertiary/aromatic N) is 4. The second-order valence-electron chi connectivity index (χ2n) is 5.80. The zero-order valence-electron chi connectivity index (χ0n) is 13.9. The third-order valence-electron chi connectivity index (χ3n) is 4.30. The topological polar surface area (TPSA) is 72.3 Å². The molecule has 1 aromatic heterocycles. The average molecular weight is 339 g/mol. The Kier molecular flexibility index (Phi) is 4.80. The number of nitrogens with one attached hydrogen (secondary N) is 1. The fourth-order valence-corrected chi connectivity index (χ4v) is 2.82. The van der Waals surface area contributed by atoms with Crippen LogP contribution >= 0.6 is 0 Å². The Bertz CT molecular complexity index is 824. The number of hydrogen-bond acceptors (Lipinski definition) is 4. The van der Waals surface area contributed by atoms with Gasteiger partial charge in [-0.15, -0.1) is 0 Å². The molecule has 1 aliphatic heterocycles. The molecule has 0 spiro atoms. The quantitative estimate of drug-likeness (QED) is 0.913. The number of urea groups is 1. The number of amides is 2. The monoisotopic (exact) mass is 339 g/mol. The molecule has 1 saturated heterocycles. The fourth-order valence-electron chi connectivity index (χ4n) is 2.82. The van der Waals surface area contributed by atoms with E-state index in [9.17, 15) is 9.18 Å². The Labute approximate surface area is 145 Å². The number of pyridine rings is 1. The van der Waals surface area contributed by atoms with Crippen molar-refractivity contribution in [2.45, 2.75) is 6.92 Å². The van der Waals surface area contributed by atoms with Crippen molar-refractivity contribution in [2.24, 2.45) is 0 Å². The van der Waals surface area contributed by atoms with E-state index in [1.807, 2.05) is 4.90 Å². The van der Waals surface area contributed by atoms with Gasteiger partial charge in [0, 0.05) is 38.1 Å². The maximum atomic E-state index is 13.8. The van der Waals surface area contributed by atoms with Crippen molar-refractivity contribution in [3.63, 3.8) is 0 Å². The predicted molar refractivity (Wildman–Crippen MR) is 92.9 cm³/mol. The van der Waals surface area contributed by atoms with E-state index >= 15 is 0 Å². The minimum absolute atomic E-state index is 0.223. The van der Waals surface area contributed by atoms with Crippen molar-refractivity contribution >= 4 is 17.5 Å². The lowest BCUT2D eigenvalue weighted by Crippen LogP contribution is -2.50. The SMILES string of the molecule is Cc1c(C#N)cccc1NC(=O)N1CCN(c2ncccc2F)CC1. The number of hydrogen-bond donors (Lipinski definition) is 1. The fraction of sp³-hybridized carbons (Fsp3) is 0.278. The lowest BCUT2D eigenvalue weighted by atomic mass is 10.1. The van der Waals surface area contributed by atoms with Crippen LogP contribution in [0.25, 0.3) is 0 Å². The summed E-state index contributed by atoms with van der Waals surface area (Å²) in [5.74, 6) is -0.0375. The smallest absolute Gasteiger partial charge is 0.321 e. The van der Waals surface area contributed by atoms with Crippen LogP contribution in [0.3, 0.4) is 0 Å². The number of anilines is 2. The van der Waals surface area contributed by atoms with Crippen LogP contribution in [0.4, 0.5) is 20.7 Å². The van der Waals surface area contributed by atoms with Crippen molar-refractivity contribution in [1.29, 1.82) is 5.26 Å². The first-order chi connectivity index (χ1) is 12.1. The number of piperazine rings is 1. The van der Waals surface area contributed by atoms with Gasteiger partial charge in [-0.1, -0.05) is 6.07 Å². The first-order valence-corrected chi connectivity index (χ1v) is 8.01. The largest absolute Gasteiger partial charge is 0.351 e. The molecule has 7 heteroatoms. The van der Waals surface area contributed by atoms with Gasteiger partial charge in [-0.3, -0.25) is 0 Å². The van der Waals surface area contributed by atoms with Gasteiger partial charge in [-0.2, -0.15) is 5.26 Å². The van der Waals surface area contributed by atoms with Crippen LogP contribution in [0.1, 0.15) is 11.1 Å². The Morgan fingerprint density at radius 3 is 2.68 bits per heavy atom. The average Bonchev–Trinajstić information content (AvgIpc) is 2.64. The highest BCUT2D eigenvalue weighted by molar-refractivity contribution is 5.90. The van der Waals surface area contributed by atoms with Crippen LogP contribution in [0.2, 0.25) is 0 Å². The van der Waals surface area contributed by atoms with Gasteiger partial charge >= 0.3 is 6.03 Å². The van der Waals surface area contributed by atoms with Crippen LogP contribution in [0.5, 0.6) is 0 Å². The number of nitriles is 1. The van der Waals surface area contributed by atoms with E-state index in [2.05, 4.69) is 16.4 Å². The molecule has 0 radical (unpaired) electrons. The molecular formula is C18H18FN5O. The predicted octanol–water partition coefficient (Wildman–Crippen LogP) is 2.75. The molecule has 0 saturated carbocycles. The molecule has 25 heavy (non-hydrogen) atoms. The number of benzene rings is 1. The van der Waals surface area contributed by atoms with E-state index in [-0.39, 0.29) is 11.8 Å². The van der Waals surface area contributed by atoms with E-state index in [4.69, 9.17) is 5.26 Å². The van der Waals surface area contributed by atoms with Gasteiger partial charge in [0.1, 0.15) is 0 Å². The first kappa shape index (κ1) is 16.7. The summed E-state index contributed by atoms with van der Waals surface area (Å²) in [6.45, 7) is 3.77. The molecule has 0 unspecified atom stereocenters. The standard InChI is InChI=1S/C18H18FN5O/c1-13-14(12-20)4-2-6-16(13)22-18(25)24-10-8-23(9-11-24)17-15(19)5-3-7-21-17/h2-7H,8-11H2,1H3,(H,22,25). The Balaban J connectivity index is 1.63. The van der Waals surface area contributed by atoms with Crippen LogP contribution in [-0.2, 0) is 0 Å². The molecule has 128 valence electrons. The zero-order valence-corrected chi connectivity index (χ0v) is 13.9. The summed E-state index contributed by atoms with van der Waals surface area (Å²) in [5, 5.41) is 11.9. The van der Waals surface area contributed by atoms with Crippen LogP contribution in [-0.4, -0.2) is 42.1 Å². The molecule has 1 fully saturated rings. The summed E-state index contributed by atoms with van der Waals surface area (Å²) >= 11 is 0. The van der Waals surface area contributed by atoms with Gasteiger partial charge in [0.15, 0.2) is 11.6 Å². The maximum Gasteiger partial charge on any atom is 0.321 e. The molecule has 2 heterocycles. The summed E-state index contributed by atoms with van der Waals surface area (Å²) in [6.07, 6.45) is 1.56. The van der Waals surface area contributed by atoms with E-state index in [1.165, 1.54) is 6.07 Å². The summed E-state index contributed by atoms with van der Waals surface area (Å²) < 4.78 is 13.8. The van der Waals surface area contributed by atoms with Gasteiger partial charge in [-0.05, 0) is 36.8 Å². The summed E-state index contributed by atoms with van der Waals surface area (Å²) in [6, 6.07) is 10.0. The van der Waals surface area contributed by atoms with Crippen LogP contribution in [0.15, 0.2) is 36.5 Å². The third kappa shape index (κ3) is 3.53. The van der Waals surface area contributed by atoms with Gasteiger partial charge in [0.2, 0.25) is 0 Å². The number of rotatable bonds is 2. The Hall–Kier alpha value is -3.14. The summed E-state index contributed by atoms with van der Waals surface area (Å²) in [4.78, 5) is 20.0. The number of halogens is 1. The van der Waals surface area contributed by atoms with Gasteiger partial charge in [0.05, 0.1) is 11.6 Å². The first-order valence-electron chi connectivity index (χ1n) is 8.01. The van der Waals surface area contributed by atoms with Crippen molar-refractivity contribution in [3.05, 3.63) is 53.5 Å². The second-order valence-corrected chi connectivity index (χ2v) is 5.80. The molecule has 1 aliphatic rings. The lowest BCUT2D eigenvalue weighted by molar-refractivity contribution is 0.208. The zero-order chi connectivity index (χ0) is 17.8. The lowest BCUT2D eigenvalue weighted by Gasteiger charge is -2.35. The van der Waals surface area contributed by atoms with E-state index in [0.29, 0.717) is 43.2 Å². The highest BCUT2D eigenvalue weighted by atomic mass is 19.1. The molecule has 6 nitrogen and oxygen atoms in total. The van der Waals surface area contributed by atoms with Crippen molar-refractivity contribution < 1.29 is 9.18 Å². The van der Waals surface area contributed by atoms with Crippen LogP contribution < -0.4 is 10.2 Å². The van der Waals surface area contributed by atoms with Crippen molar-refractivity contribution in [3.8, 4) is 6.07 Å². The summed E-state index contributed by atoms with van der Waals surface area (Å²) in [5.41, 5.74) is 1.91. The second kappa shape index (κ2) is 7.18. The maximum absolute atomic E-state index is 13.8. The van der Waals surface area contributed by atoms with Gasteiger partial charge < -0.3 is 15.1 Å². The molecular weight excluding hydrogens is 321 g/mol. The highest BCUT2D eigenvalue weighted by Gasteiger charge is 2.23. The third-order valence-corrected chi connectivity index (χ3v) is 4.30. The molecule has 1 aromatic carbocycles. The molecule has 2 amide bonds. The Morgan fingerprint density at radius 1 is 1.24 bits per heavy atom. The van der Waals surface area contributed by atoms with E-state index in [1.54, 1.807) is 42.3 Å². The number of aromatic nitrogens is 1. The van der Waals surface area contributed by atoms with Gasteiger partial charge in [0.25, 0.3) is 0 Å². The number of carbonyl (C=O) groups excluding carboxylic acids is 1. The van der Waals surface area contributed by atoms with E-state index < -0.39 is 0 Å². The molecule has 0 aliphatic carbocycles. The van der Waals surface area contributed by atoms with Crippen molar-refractivity contribution in [1.82, 2.24) is 9.88 Å². The van der Waals surface area contributed by atoms with Gasteiger partial charge in [-0.25, -0.2) is 14.2 Å². The van der Waals surface area contributed by atoms with Crippen LogP contribution in [0, 0.1) is 24.1 Å². The van der Waals surface area contributed by atoms with Crippen molar-refractivity contribution in [2.75, 3.05) is 36.4 Å². The molecule has 0 atom stereocenters. The normalized spacial score (nSPS) is 14.1. The minimum atomic E-state index is -0.357. The molecule has 1 N–H and O–H groups in total. The number of carbonyl (C=O) groups is 1. The molecule has 0 bridgehead atoms. The Morgan fingerprint density at radius 2 is 2.00 bits per heavy atom. The molecule has 2 aromatic rings. The summed E-state index contributed by atoms with van der Waals surface area (Å²) in [7, 11) is 0. The highest BCUT2D eigenvalue weighted by Crippen LogP contribution is 2.20. The minimum Gasteiger partial charge on any atom is -0.351 e. The molecule has 3 rings (SSSR count). The van der Waals surface area contributed by atoms with E-state index in [0.717, 1.165) is 5.56 Å².